The highest BCUT2D eigenvalue weighted by molar-refractivity contribution is 5.65. The van der Waals surface area contributed by atoms with Gasteiger partial charge in [0.05, 0.1) is 0 Å². The van der Waals surface area contributed by atoms with Crippen molar-refractivity contribution in [2.45, 2.75) is 32.3 Å². The number of aromatic nitrogens is 2. The number of hydrogen-bond donors (Lipinski definition) is 0. The van der Waals surface area contributed by atoms with Crippen LogP contribution in [0.5, 0.6) is 5.75 Å². The van der Waals surface area contributed by atoms with Gasteiger partial charge < -0.3 is 4.74 Å². The molecule has 1 aromatic heterocycles. The van der Waals surface area contributed by atoms with Gasteiger partial charge in [0, 0.05) is 29.6 Å². The predicted octanol–water partition coefficient (Wildman–Crippen LogP) is 7.71. The van der Waals surface area contributed by atoms with Gasteiger partial charge in [-0.3, -0.25) is 0 Å². The molecule has 0 N–H and O–H groups in total. The molecule has 0 spiro atoms. The van der Waals surface area contributed by atoms with Crippen LogP contribution in [0.25, 0.3) is 11.1 Å². The molecule has 0 atom stereocenters. The number of hydrogen-bond acceptors (Lipinski definition) is 3. The Kier molecular flexibility index (Phi) is 8.19. The fraction of sp³-hybridized carbons (Fsp3) is 0.172. The highest BCUT2D eigenvalue weighted by Gasteiger charge is 2.38. The van der Waals surface area contributed by atoms with Crippen LogP contribution in [-0.2, 0) is 12.5 Å². The Balaban J connectivity index is 1.50. The summed E-state index contributed by atoms with van der Waals surface area (Å²) in [5.74, 6) is -2.59. The van der Waals surface area contributed by atoms with E-state index >= 15 is 0 Å². The molecule has 0 fully saturated rings. The molecular formula is C29H19F7N2O. The second-order valence-corrected chi connectivity index (χ2v) is 8.48. The van der Waals surface area contributed by atoms with Gasteiger partial charge in [0.15, 0.2) is 17.5 Å². The minimum absolute atomic E-state index is 0.0832. The number of unbranched alkanes of at least 4 members (excludes halogenated alkanes) is 1. The van der Waals surface area contributed by atoms with Gasteiger partial charge in [-0.15, -0.1) is 0 Å². The minimum Gasteiger partial charge on any atom is -0.429 e. The van der Waals surface area contributed by atoms with Gasteiger partial charge in [-0.05, 0) is 72.4 Å². The van der Waals surface area contributed by atoms with Crippen LogP contribution in [0, 0.1) is 40.9 Å². The normalized spacial score (nSPS) is 11.2. The molecule has 10 heteroatoms. The maximum atomic E-state index is 14.7. The minimum atomic E-state index is -4.21. The molecule has 4 rings (SSSR count). The molecule has 1 heterocycles. The molecule has 0 aliphatic carbocycles. The van der Waals surface area contributed by atoms with Crippen LogP contribution in [-0.4, -0.2) is 9.97 Å². The molecular weight excluding hydrogens is 525 g/mol. The lowest BCUT2D eigenvalue weighted by Gasteiger charge is -2.19. The molecule has 0 amide bonds. The average Bonchev–Trinajstić information content (AvgIpc) is 2.89. The third-order valence-corrected chi connectivity index (χ3v) is 5.61. The third kappa shape index (κ3) is 6.55. The van der Waals surface area contributed by atoms with Crippen LogP contribution in [0.1, 0.15) is 42.3 Å². The quantitative estimate of drug-likeness (QED) is 0.136. The van der Waals surface area contributed by atoms with Gasteiger partial charge in [-0.1, -0.05) is 19.3 Å². The van der Waals surface area contributed by atoms with Crippen LogP contribution in [0.2, 0.25) is 0 Å². The molecule has 0 saturated carbocycles. The highest BCUT2D eigenvalue weighted by Crippen LogP contribution is 2.35. The van der Waals surface area contributed by atoms with E-state index in [9.17, 15) is 30.7 Å². The Labute approximate surface area is 219 Å². The van der Waals surface area contributed by atoms with Crippen molar-refractivity contribution in [1.29, 1.82) is 0 Å². The number of rotatable bonds is 7. The Bertz CT molecular complexity index is 1540. The Morgan fingerprint density at radius 2 is 1.49 bits per heavy atom. The van der Waals surface area contributed by atoms with Crippen molar-refractivity contribution in [2.75, 3.05) is 0 Å². The molecule has 39 heavy (non-hydrogen) atoms. The smallest absolute Gasteiger partial charge is 0.429 e. The first-order valence-corrected chi connectivity index (χ1v) is 11.7. The van der Waals surface area contributed by atoms with Gasteiger partial charge in [-0.25, -0.2) is 31.9 Å². The number of aryl methyl sites for hydroxylation is 1. The zero-order valence-corrected chi connectivity index (χ0v) is 20.3. The summed E-state index contributed by atoms with van der Waals surface area (Å²) in [7, 11) is 0. The van der Waals surface area contributed by atoms with E-state index in [0.717, 1.165) is 55.2 Å². The van der Waals surface area contributed by atoms with Gasteiger partial charge in [0.2, 0.25) is 5.82 Å². The first-order valence-electron chi connectivity index (χ1n) is 11.7. The van der Waals surface area contributed by atoms with Crippen molar-refractivity contribution in [3.63, 3.8) is 0 Å². The molecule has 0 aliphatic rings. The van der Waals surface area contributed by atoms with E-state index in [1.54, 1.807) is 12.4 Å². The molecule has 4 aromatic rings. The predicted molar refractivity (Wildman–Crippen MR) is 129 cm³/mol. The topological polar surface area (TPSA) is 35.0 Å². The Morgan fingerprint density at radius 1 is 0.795 bits per heavy atom. The van der Waals surface area contributed by atoms with E-state index in [2.05, 4.69) is 33.5 Å². The van der Waals surface area contributed by atoms with Gasteiger partial charge in [-0.2, -0.15) is 8.78 Å². The number of alkyl halides is 2. The summed E-state index contributed by atoms with van der Waals surface area (Å²) < 4.78 is 103. The van der Waals surface area contributed by atoms with E-state index in [1.807, 2.05) is 0 Å². The summed E-state index contributed by atoms with van der Waals surface area (Å²) in [4.78, 5) is 8.23. The van der Waals surface area contributed by atoms with Crippen molar-refractivity contribution >= 4 is 0 Å². The van der Waals surface area contributed by atoms with E-state index in [4.69, 9.17) is 0 Å². The van der Waals surface area contributed by atoms with Gasteiger partial charge >= 0.3 is 6.11 Å². The highest BCUT2D eigenvalue weighted by atomic mass is 19.3. The van der Waals surface area contributed by atoms with Crippen molar-refractivity contribution in [1.82, 2.24) is 9.97 Å². The summed E-state index contributed by atoms with van der Waals surface area (Å²) >= 11 is 0. The fourth-order valence-electron chi connectivity index (χ4n) is 3.59. The maximum Gasteiger partial charge on any atom is 0.429 e. The first-order chi connectivity index (χ1) is 18.6. The van der Waals surface area contributed by atoms with Gasteiger partial charge in [0.1, 0.15) is 22.9 Å². The van der Waals surface area contributed by atoms with Crippen LogP contribution in [0.3, 0.4) is 0 Å². The molecule has 200 valence electrons. The second kappa shape index (κ2) is 11.6. The largest absolute Gasteiger partial charge is 0.429 e. The second-order valence-electron chi connectivity index (χ2n) is 8.48. The molecule has 3 aromatic carbocycles. The molecule has 0 aliphatic heterocycles. The number of benzene rings is 3. The van der Waals surface area contributed by atoms with E-state index in [0.29, 0.717) is 18.2 Å². The monoisotopic (exact) mass is 544 g/mol. The maximum absolute atomic E-state index is 14.7. The zero-order valence-electron chi connectivity index (χ0n) is 20.3. The molecule has 3 nitrogen and oxygen atoms in total. The van der Waals surface area contributed by atoms with Crippen molar-refractivity contribution in [3.8, 4) is 28.7 Å². The van der Waals surface area contributed by atoms with Gasteiger partial charge in [0.25, 0.3) is 0 Å². The Hall–Kier alpha value is -4.39. The van der Waals surface area contributed by atoms with E-state index < -0.39 is 52.1 Å². The lowest BCUT2D eigenvalue weighted by atomic mass is 10.0. The fourth-order valence-corrected chi connectivity index (χ4v) is 3.59. The molecule has 0 bridgehead atoms. The van der Waals surface area contributed by atoms with Crippen LogP contribution in [0.15, 0.2) is 60.9 Å². The summed E-state index contributed by atoms with van der Waals surface area (Å²) in [5, 5.41) is 0. The SMILES string of the molecule is CCCCc1cnc(C#Cc2ccc(C(F)(F)Oc3ccc(-c4cc(F)c(F)c(F)c4)c(F)c3)c(F)c2)nc1. The zero-order chi connectivity index (χ0) is 28.2. The Morgan fingerprint density at radius 3 is 2.10 bits per heavy atom. The summed E-state index contributed by atoms with van der Waals surface area (Å²) in [5.41, 5.74) is -0.843. The molecule has 0 radical (unpaired) electrons. The standard InChI is InChI=1S/C29H19F7N2O/c1-2-3-4-18-15-37-27(38-16-18)10-6-17-5-9-22(24(31)11-17)29(35,36)39-20-7-8-21(23(30)14-20)19-12-25(32)28(34)26(33)13-19/h5,7-9,11-16H,2-4H2,1H3. The lowest BCUT2D eigenvalue weighted by Crippen LogP contribution is -2.23. The van der Waals surface area contributed by atoms with Crippen molar-refractivity contribution in [3.05, 3.63) is 113 Å². The lowest BCUT2D eigenvalue weighted by molar-refractivity contribution is -0.187. The van der Waals surface area contributed by atoms with Crippen molar-refractivity contribution in [2.24, 2.45) is 0 Å². The average molecular weight is 544 g/mol. The number of nitrogens with zero attached hydrogens (tertiary/aromatic N) is 2. The van der Waals surface area contributed by atoms with Crippen molar-refractivity contribution < 1.29 is 35.5 Å². The summed E-state index contributed by atoms with van der Waals surface area (Å²) in [6.07, 6.45) is 1.92. The summed E-state index contributed by atoms with van der Waals surface area (Å²) in [6, 6.07) is 6.19. The van der Waals surface area contributed by atoms with Crippen LogP contribution in [0.4, 0.5) is 30.7 Å². The summed E-state index contributed by atoms with van der Waals surface area (Å²) in [6.45, 7) is 2.06. The third-order valence-electron chi connectivity index (χ3n) is 5.61. The van der Waals surface area contributed by atoms with E-state index in [-0.39, 0.29) is 17.0 Å². The number of halogens is 7. The molecule has 0 unspecified atom stereocenters. The first kappa shape index (κ1) is 27.6. The number of ether oxygens (including phenoxy) is 1. The van der Waals surface area contributed by atoms with Crippen LogP contribution >= 0.6 is 0 Å². The van der Waals surface area contributed by atoms with Crippen LogP contribution < -0.4 is 4.74 Å². The van der Waals surface area contributed by atoms with E-state index in [1.165, 1.54) is 0 Å². The molecule has 0 saturated heterocycles.